The Bertz CT molecular complexity index is 1180. The molecule has 2 nitrogen and oxygen atoms in total. The van der Waals surface area contributed by atoms with Gasteiger partial charge in [-0.05, 0) is 62.5 Å². The monoisotopic (exact) mass is 375 g/mol. The van der Waals surface area contributed by atoms with Crippen LogP contribution in [0.2, 0.25) is 0 Å². The van der Waals surface area contributed by atoms with E-state index in [1.54, 1.807) is 6.20 Å². The normalized spacial score (nSPS) is 18.6. The minimum atomic E-state index is -2.22. The maximum Gasteiger partial charge on any atom is 0.213 e. The molecule has 0 aliphatic carbocycles. The van der Waals surface area contributed by atoms with Crippen molar-refractivity contribution >= 4 is 0 Å². The van der Waals surface area contributed by atoms with Crippen LogP contribution in [0.25, 0.3) is 22.4 Å². The first-order valence-corrected chi connectivity index (χ1v) is 9.77. The van der Waals surface area contributed by atoms with Crippen LogP contribution in [-0.4, -0.2) is 5.60 Å². The van der Waals surface area contributed by atoms with Crippen molar-refractivity contribution in [2.45, 2.75) is 52.5 Å². The summed E-state index contributed by atoms with van der Waals surface area (Å²) in [6.07, 6.45) is 1.75. The number of hydrogen-bond donors (Lipinski definition) is 0. The predicted octanol–water partition coefficient (Wildman–Crippen LogP) is 5.91. The molecular weight excluding hydrogens is 342 g/mol. The van der Waals surface area contributed by atoms with E-state index in [-0.39, 0.29) is 11.0 Å². The van der Waals surface area contributed by atoms with Gasteiger partial charge in [0, 0.05) is 32.3 Å². The van der Waals surface area contributed by atoms with Crippen LogP contribution < -0.4 is 9.30 Å². The Morgan fingerprint density at radius 3 is 2.39 bits per heavy atom. The van der Waals surface area contributed by atoms with Crippen molar-refractivity contribution in [3.63, 3.8) is 0 Å². The Morgan fingerprint density at radius 2 is 1.68 bits per heavy atom. The first-order valence-electron chi connectivity index (χ1n) is 11.3. The van der Waals surface area contributed by atoms with Crippen LogP contribution in [0.1, 0.15) is 48.5 Å². The highest BCUT2D eigenvalue weighted by atomic mass is 16.5. The molecule has 0 saturated heterocycles. The van der Waals surface area contributed by atoms with E-state index in [0.29, 0.717) is 5.56 Å². The molecule has 2 aromatic carbocycles. The highest BCUT2D eigenvalue weighted by Crippen LogP contribution is 2.50. The molecule has 3 aromatic rings. The maximum absolute atomic E-state index is 8.17. The van der Waals surface area contributed by atoms with E-state index in [4.69, 9.17) is 8.85 Å². The topological polar surface area (TPSA) is 13.1 Å². The molecule has 0 unspecified atom stereocenters. The Kier molecular flexibility index (Phi) is 3.39. The lowest BCUT2D eigenvalue weighted by Gasteiger charge is -2.33. The van der Waals surface area contributed by atoms with Crippen molar-refractivity contribution in [1.82, 2.24) is 0 Å². The Hall–Kier alpha value is -2.61. The molecule has 144 valence electrons. The van der Waals surface area contributed by atoms with E-state index >= 15 is 0 Å². The van der Waals surface area contributed by atoms with E-state index in [2.05, 4.69) is 52.8 Å². The third-order valence-corrected chi connectivity index (χ3v) is 6.53. The number of benzene rings is 2. The number of nitrogens with zero attached hydrogens (tertiary/aromatic N) is 1. The summed E-state index contributed by atoms with van der Waals surface area (Å²) >= 11 is 0. The summed E-state index contributed by atoms with van der Waals surface area (Å²) in [5.74, 6) is 0.870. The fourth-order valence-corrected chi connectivity index (χ4v) is 4.02. The smallest absolute Gasteiger partial charge is 0.213 e. The molecule has 0 bridgehead atoms. The van der Waals surface area contributed by atoms with Gasteiger partial charge in [0.1, 0.15) is 18.4 Å². The van der Waals surface area contributed by atoms with Gasteiger partial charge in [0.25, 0.3) is 0 Å². The summed E-state index contributed by atoms with van der Waals surface area (Å²) in [4.78, 5) is 0. The number of rotatable bonds is 2. The minimum Gasteiger partial charge on any atom is -0.487 e. The molecule has 0 N–H and O–H groups in total. The van der Waals surface area contributed by atoms with Crippen LogP contribution in [0.5, 0.6) is 5.75 Å². The lowest BCUT2D eigenvalue weighted by molar-refractivity contribution is -0.660. The number of pyridine rings is 1. The van der Waals surface area contributed by atoms with Crippen molar-refractivity contribution < 1.29 is 13.4 Å². The van der Waals surface area contributed by atoms with Crippen LogP contribution in [-0.2, 0) is 12.5 Å². The Labute approximate surface area is 173 Å². The van der Waals surface area contributed by atoms with E-state index in [9.17, 15) is 0 Å². The minimum absolute atomic E-state index is 0.198. The molecule has 0 saturated carbocycles. The summed E-state index contributed by atoms with van der Waals surface area (Å²) in [5, 5.41) is 0. The van der Waals surface area contributed by atoms with Gasteiger partial charge < -0.3 is 4.74 Å². The second kappa shape index (κ2) is 6.20. The number of aromatic nitrogens is 1. The lowest BCUT2D eigenvalue weighted by atomic mass is 9.73. The van der Waals surface area contributed by atoms with Crippen LogP contribution in [0.15, 0.2) is 54.7 Å². The van der Waals surface area contributed by atoms with E-state index in [0.717, 1.165) is 39.3 Å². The summed E-state index contributed by atoms with van der Waals surface area (Å²) in [7, 11) is 1.91. The van der Waals surface area contributed by atoms with Gasteiger partial charge in [-0.2, -0.15) is 0 Å². The molecule has 2 heterocycles. The predicted molar refractivity (Wildman–Crippen MR) is 116 cm³/mol. The van der Waals surface area contributed by atoms with Gasteiger partial charge in [-0.3, -0.25) is 0 Å². The second-order valence-corrected chi connectivity index (χ2v) is 8.86. The van der Waals surface area contributed by atoms with Crippen LogP contribution in [0.4, 0.5) is 0 Å². The summed E-state index contributed by atoms with van der Waals surface area (Å²) < 4.78 is 32.6. The first-order chi connectivity index (χ1) is 14.3. The molecule has 0 spiro atoms. The molecule has 0 amide bonds. The van der Waals surface area contributed by atoms with Gasteiger partial charge in [-0.15, -0.1) is 0 Å². The van der Waals surface area contributed by atoms with Gasteiger partial charge in [-0.25, -0.2) is 4.57 Å². The van der Waals surface area contributed by atoms with Crippen molar-refractivity contribution in [2.24, 2.45) is 7.05 Å². The molecule has 0 radical (unpaired) electrons. The van der Waals surface area contributed by atoms with Crippen LogP contribution >= 0.6 is 0 Å². The van der Waals surface area contributed by atoms with E-state index in [1.165, 1.54) is 0 Å². The SMILES string of the molecule is [2H]C([2H])([2H])c1c[n+](C)c(-c2ccccc2C)cc1-c1ccc2c(c1)C(C)(C)C(C)(C)O2. The first kappa shape index (κ1) is 15.3. The molecule has 28 heavy (non-hydrogen) atoms. The highest BCUT2D eigenvalue weighted by Gasteiger charge is 2.47. The third kappa shape index (κ3) is 2.74. The van der Waals surface area contributed by atoms with Crippen LogP contribution in [0.3, 0.4) is 0 Å². The van der Waals surface area contributed by atoms with Gasteiger partial charge in [0.15, 0.2) is 6.20 Å². The van der Waals surface area contributed by atoms with Crippen molar-refractivity contribution in [3.05, 3.63) is 71.4 Å². The summed E-state index contributed by atoms with van der Waals surface area (Å²) in [6, 6.07) is 16.2. The second-order valence-electron chi connectivity index (χ2n) is 8.86. The molecule has 0 fully saturated rings. The maximum atomic E-state index is 8.17. The zero-order valence-electron chi connectivity index (χ0n) is 20.6. The van der Waals surface area contributed by atoms with E-state index < -0.39 is 6.85 Å². The average molecular weight is 376 g/mol. The zero-order valence-corrected chi connectivity index (χ0v) is 17.6. The fourth-order valence-electron chi connectivity index (χ4n) is 4.02. The number of hydrogen-bond acceptors (Lipinski definition) is 1. The molecule has 4 rings (SSSR count). The third-order valence-electron chi connectivity index (χ3n) is 6.53. The average Bonchev–Trinajstić information content (AvgIpc) is 2.85. The van der Waals surface area contributed by atoms with Crippen molar-refractivity contribution in [1.29, 1.82) is 0 Å². The van der Waals surface area contributed by atoms with Gasteiger partial charge in [-0.1, -0.05) is 38.1 Å². The Morgan fingerprint density at radius 1 is 0.929 bits per heavy atom. The molecule has 0 atom stereocenters. The van der Waals surface area contributed by atoms with Crippen molar-refractivity contribution in [3.8, 4) is 28.1 Å². The summed E-state index contributed by atoms with van der Waals surface area (Å²) in [6.45, 7) is 8.40. The molecule has 1 aliphatic rings. The van der Waals surface area contributed by atoms with Gasteiger partial charge in [0.05, 0.1) is 0 Å². The molecule has 1 aliphatic heterocycles. The van der Waals surface area contributed by atoms with Gasteiger partial charge in [0.2, 0.25) is 5.69 Å². The summed E-state index contributed by atoms with van der Waals surface area (Å²) in [5.41, 5.74) is 5.78. The standard InChI is InChI=1S/C26H30NO/c1-17-10-8-9-11-20(17)23-15-21(18(2)16-27(23)7)19-12-13-24-22(14-19)25(3,4)26(5,6)28-24/h8-16H,1-7H3/q+1/i2D3. The van der Waals surface area contributed by atoms with Crippen LogP contribution in [0, 0.1) is 13.8 Å². The quantitative estimate of drug-likeness (QED) is 0.507. The lowest BCUT2D eigenvalue weighted by Crippen LogP contribution is -2.41. The Balaban J connectivity index is 1.97. The molecule has 1 aromatic heterocycles. The van der Waals surface area contributed by atoms with E-state index in [1.807, 2.05) is 41.9 Å². The number of fused-ring (bicyclic) bond motifs is 1. The largest absolute Gasteiger partial charge is 0.487 e. The zero-order chi connectivity index (χ0) is 22.8. The van der Waals surface area contributed by atoms with Gasteiger partial charge >= 0.3 is 0 Å². The molecule has 2 heteroatoms. The molecular formula is C26H30NO+. The van der Waals surface area contributed by atoms with Crippen molar-refractivity contribution in [2.75, 3.05) is 0 Å². The number of aryl methyl sites for hydroxylation is 3. The number of ether oxygens (including phenoxy) is 1. The fraction of sp³-hybridized carbons (Fsp3) is 0.346. The highest BCUT2D eigenvalue weighted by molar-refractivity contribution is 5.74.